The molecule has 0 aliphatic rings. The summed E-state index contributed by atoms with van der Waals surface area (Å²) in [7, 11) is 1.80. The molecule has 0 spiro atoms. The van der Waals surface area contributed by atoms with E-state index < -0.39 is 0 Å². The predicted molar refractivity (Wildman–Crippen MR) is 46.0 cm³/mol. The van der Waals surface area contributed by atoms with Gasteiger partial charge in [-0.2, -0.15) is 0 Å². The Bertz CT molecular complexity index is 254. The average Bonchev–Trinajstić information content (AvgIpc) is 2.55. The predicted octanol–water partition coefficient (Wildman–Crippen LogP) is -0.100. The van der Waals surface area contributed by atoms with Crippen LogP contribution in [0.3, 0.4) is 0 Å². The molecule has 66 valence electrons. The van der Waals surface area contributed by atoms with Gasteiger partial charge in [0.05, 0.1) is 12.5 Å². The Morgan fingerprint density at radius 3 is 3.00 bits per heavy atom. The Kier molecular flexibility index (Phi) is 2.57. The van der Waals surface area contributed by atoms with Crippen LogP contribution in [0.25, 0.3) is 0 Å². The summed E-state index contributed by atoms with van der Waals surface area (Å²) in [6, 6.07) is 1.86. The maximum Gasteiger partial charge on any atom is 0.213 e. The van der Waals surface area contributed by atoms with Gasteiger partial charge in [-0.3, -0.25) is 0 Å². The van der Waals surface area contributed by atoms with Crippen molar-refractivity contribution in [2.75, 3.05) is 7.05 Å². The quantitative estimate of drug-likeness (QED) is 0.279. The van der Waals surface area contributed by atoms with Crippen molar-refractivity contribution in [3.8, 4) is 0 Å². The summed E-state index contributed by atoms with van der Waals surface area (Å²) in [5.74, 6) is 5.30. The van der Waals surface area contributed by atoms with Gasteiger partial charge in [0.25, 0.3) is 0 Å². The third kappa shape index (κ3) is 1.91. The molecule has 0 fully saturated rings. The standard InChI is InChI=1S/C7H12N4O/c1-11(7(8)10-9)4-6-2-3-12-5-6/h2-3,5H,4,9H2,1H3,(H2,8,10). The summed E-state index contributed by atoms with van der Waals surface area (Å²) in [4.78, 5) is 1.73. The molecule has 0 unspecified atom stereocenters. The van der Waals surface area contributed by atoms with Crippen LogP contribution in [-0.4, -0.2) is 17.9 Å². The summed E-state index contributed by atoms with van der Waals surface area (Å²) in [5.41, 5.74) is 6.48. The lowest BCUT2D eigenvalue weighted by molar-refractivity contribution is 0.485. The van der Waals surface area contributed by atoms with Gasteiger partial charge < -0.3 is 20.9 Å². The van der Waals surface area contributed by atoms with Gasteiger partial charge in [0.15, 0.2) is 0 Å². The summed E-state index contributed by atoms with van der Waals surface area (Å²) in [5, 5.41) is 3.36. The van der Waals surface area contributed by atoms with Gasteiger partial charge in [-0.25, -0.2) is 0 Å². The Morgan fingerprint density at radius 1 is 1.75 bits per heavy atom. The van der Waals surface area contributed by atoms with Gasteiger partial charge >= 0.3 is 0 Å². The van der Waals surface area contributed by atoms with E-state index in [4.69, 9.17) is 16.0 Å². The maximum atomic E-state index is 5.45. The van der Waals surface area contributed by atoms with Crippen LogP contribution in [0, 0.1) is 0 Å². The molecule has 1 rings (SSSR count). The molecule has 4 N–H and O–H groups in total. The molecule has 0 saturated carbocycles. The number of hydrogen-bond acceptors (Lipinski definition) is 3. The van der Waals surface area contributed by atoms with Crippen LogP contribution >= 0.6 is 0 Å². The zero-order valence-corrected chi connectivity index (χ0v) is 6.90. The van der Waals surface area contributed by atoms with E-state index >= 15 is 0 Å². The average molecular weight is 168 g/mol. The molecular formula is C7H12N4O. The van der Waals surface area contributed by atoms with Crippen LogP contribution < -0.4 is 11.6 Å². The van der Waals surface area contributed by atoms with Crippen LogP contribution in [0.4, 0.5) is 0 Å². The first-order chi connectivity index (χ1) is 5.74. The van der Waals surface area contributed by atoms with Gasteiger partial charge in [-0.1, -0.05) is 0 Å². The van der Waals surface area contributed by atoms with Crippen molar-refractivity contribution >= 4 is 5.96 Å². The van der Waals surface area contributed by atoms with Crippen LogP contribution in [0.1, 0.15) is 5.56 Å². The van der Waals surface area contributed by atoms with Gasteiger partial charge in [-0.15, -0.1) is 5.10 Å². The Balaban J connectivity index is 2.53. The van der Waals surface area contributed by atoms with E-state index in [-0.39, 0.29) is 0 Å². The highest BCUT2D eigenvalue weighted by molar-refractivity contribution is 5.77. The maximum absolute atomic E-state index is 5.45. The van der Waals surface area contributed by atoms with Crippen molar-refractivity contribution in [1.29, 1.82) is 0 Å². The third-order valence-electron chi connectivity index (χ3n) is 1.52. The van der Waals surface area contributed by atoms with Crippen molar-refractivity contribution in [1.82, 2.24) is 4.90 Å². The van der Waals surface area contributed by atoms with Crippen LogP contribution in [0.2, 0.25) is 0 Å². The molecular weight excluding hydrogens is 156 g/mol. The van der Waals surface area contributed by atoms with Crippen molar-refractivity contribution in [3.63, 3.8) is 0 Å². The molecule has 1 aromatic heterocycles. The summed E-state index contributed by atoms with van der Waals surface area (Å²) in [6.07, 6.45) is 3.26. The summed E-state index contributed by atoms with van der Waals surface area (Å²) < 4.78 is 4.89. The number of rotatable bonds is 2. The fourth-order valence-corrected chi connectivity index (χ4v) is 0.836. The monoisotopic (exact) mass is 168 g/mol. The Morgan fingerprint density at radius 2 is 2.50 bits per heavy atom. The second kappa shape index (κ2) is 3.66. The topological polar surface area (TPSA) is 80.8 Å². The van der Waals surface area contributed by atoms with Gasteiger partial charge in [0.1, 0.15) is 0 Å². The zero-order chi connectivity index (χ0) is 8.97. The molecule has 0 aliphatic carbocycles. The Hall–Kier alpha value is -1.65. The smallest absolute Gasteiger partial charge is 0.213 e. The molecule has 1 heterocycles. The van der Waals surface area contributed by atoms with Gasteiger partial charge in [0, 0.05) is 19.2 Å². The minimum absolute atomic E-state index is 0.302. The fraction of sp³-hybridized carbons (Fsp3) is 0.286. The van der Waals surface area contributed by atoms with Crippen molar-refractivity contribution in [2.24, 2.45) is 16.7 Å². The Labute approximate surface area is 70.6 Å². The van der Waals surface area contributed by atoms with Crippen molar-refractivity contribution < 1.29 is 4.42 Å². The SMILES string of the molecule is CN(Cc1ccoc1)/C(N)=N/N. The van der Waals surface area contributed by atoms with Crippen molar-refractivity contribution in [3.05, 3.63) is 24.2 Å². The van der Waals surface area contributed by atoms with Crippen molar-refractivity contribution in [2.45, 2.75) is 6.54 Å². The van der Waals surface area contributed by atoms with E-state index in [0.29, 0.717) is 12.5 Å². The van der Waals surface area contributed by atoms with E-state index in [9.17, 15) is 0 Å². The number of guanidine groups is 1. The second-order valence-electron chi connectivity index (χ2n) is 2.47. The first kappa shape index (κ1) is 8.45. The zero-order valence-electron chi connectivity index (χ0n) is 6.90. The molecule has 1 aromatic rings. The van der Waals surface area contributed by atoms with E-state index in [2.05, 4.69) is 5.10 Å². The highest BCUT2D eigenvalue weighted by atomic mass is 16.3. The minimum atomic E-state index is 0.302. The van der Waals surface area contributed by atoms with Gasteiger partial charge in [0.2, 0.25) is 5.96 Å². The lowest BCUT2D eigenvalue weighted by Crippen LogP contribution is -2.34. The molecule has 0 aliphatic heterocycles. The molecule has 5 heteroatoms. The number of nitrogens with two attached hydrogens (primary N) is 2. The molecule has 0 radical (unpaired) electrons. The normalized spacial score (nSPS) is 11.6. The largest absolute Gasteiger partial charge is 0.472 e. The summed E-state index contributed by atoms with van der Waals surface area (Å²) in [6.45, 7) is 0.642. The fourth-order valence-electron chi connectivity index (χ4n) is 0.836. The van der Waals surface area contributed by atoms with Gasteiger partial charge in [-0.05, 0) is 6.07 Å². The van der Waals surface area contributed by atoms with Crippen LogP contribution in [-0.2, 0) is 6.54 Å². The first-order valence-electron chi connectivity index (χ1n) is 3.49. The lowest BCUT2D eigenvalue weighted by atomic mass is 10.3. The second-order valence-corrected chi connectivity index (χ2v) is 2.47. The van der Waals surface area contributed by atoms with Crippen LogP contribution in [0.15, 0.2) is 28.1 Å². The van der Waals surface area contributed by atoms with E-state index in [1.165, 1.54) is 0 Å². The first-order valence-corrected chi connectivity index (χ1v) is 3.49. The summed E-state index contributed by atoms with van der Waals surface area (Å²) >= 11 is 0. The number of hydrogen-bond donors (Lipinski definition) is 2. The molecule has 12 heavy (non-hydrogen) atoms. The number of furan rings is 1. The lowest BCUT2D eigenvalue weighted by Gasteiger charge is -2.15. The molecule has 0 atom stereocenters. The van der Waals surface area contributed by atoms with E-state index in [1.54, 1.807) is 24.5 Å². The van der Waals surface area contributed by atoms with E-state index in [1.807, 2.05) is 6.07 Å². The molecule has 0 bridgehead atoms. The van der Waals surface area contributed by atoms with Crippen LogP contribution in [0.5, 0.6) is 0 Å². The number of nitrogens with zero attached hydrogens (tertiary/aromatic N) is 2. The minimum Gasteiger partial charge on any atom is -0.472 e. The molecule has 5 nitrogen and oxygen atoms in total. The highest BCUT2D eigenvalue weighted by Gasteiger charge is 2.02. The van der Waals surface area contributed by atoms with E-state index in [0.717, 1.165) is 5.56 Å². The third-order valence-corrected chi connectivity index (χ3v) is 1.52. The molecule has 0 saturated heterocycles. The molecule has 0 amide bonds. The highest BCUT2D eigenvalue weighted by Crippen LogP contribution is 2.02. The molecule has 0 aromatic carbocycles. The number of hydrazone groups is 1.